The van der Waals surface area contributed by atoms with Crippen LogP contribution in [-0.4, -0.2) is 30.1 Å². The average Bonchev–Trinajstić information content (AvgIpc) is 2.96. The minimum absolute atomic E-state index is 0.201. The second-order valence-electron chi connectivity index (χ2n) is 5.72. The summed E-state index contributed by atoms with van der Waals surface area (Å²) in [5, 5.41) is 0.422. The standard InChI is InChI=1S/C18H23F3N2O2S/c1-5-23(11-16-17(18(19,20)21)22-12(3)26-16)10-13-7-8-14(25-6-2)15(9-13)24-4/h7-9H,5-6,10-11H2,1-4H3. The van der Waals surface area contributed by atoms with E-state index in [-0.39, 0.29) is 11.4 Å². The Kier molecular flexibility index (Phi) is 6.88. The van der Waals surface area contributed by atoms with Crippen molar-refractivity contribution < 1.29 is 22.6 Å². The summed E-state index contributed by atoms with van der Waals surface area (Å²) >= 11 is 1.09. The number of ether oxygens (including phenoxy) is 2. The molecule has 1 aromatic carbocycles. The van der Waals surface area contributed by atoms with E-state index in [0.29, 0.717) is 36.2 Å². The number of aromatic nitrogens is 1. The second-order valence-corrected chi connectivity index (χ2v) is 7.01. The molecule has 0 aliphatic rings. The third kappa shape index (κ3) is 5.11. The van der Waals surface area contributed by atoms with E-state index in [0.717, 1.165) is 16.9 Å². The van der Waals surface area contributed by atoms with Crippen molar-refractivity contribution in [1.82, 2.24) is 9.88 Å². The van der Waals surface area contributed by atoms with E-state index >= 15 is 0 Å². The van der Waals surface area contributed by atoms with Crippen LogP contribution in [0.2, 0.25) is 0 Å². The molecule has 0 amide bonds. The lowest BCUT2D eigenvalue weighted by Gasteiger charge is -2.21. The van der Waals surface area contributed by atoms with Crippen LogP contribution in [0.25, 0.3) is 0 Å². The van der Waals surface area contributed by atoms with Gasteiger partial charge in [0.05, 0.1) is 23.6 Å². The highest BCUT2D eigenvalue weighted by atomic mass is 32.1. The Labute approximate surface area is 155 Å². The van der Waals surface area contributed by atoms with Crippen LogP contribution in [0.3, 0.4) is 0 Å². The number of thiazole rings is 1. The van der Waals surface area contributed by atoms with Crippen LogP contribution in [0.4, 0.5) is 13.2 Å². The maximum Gasteiger partial charge on any atom is 0.434 e. The Morgan fingerprint density at radius 1 is 1.15 bits per heavy atom. The van der Waals surface area contributed by atoms with Crippen molar-refractivity contribution in [3.05, 3.63) is 39.3 Å². The van der Waals surface area contributed by atoms with Crippen molar-refractivity contribution in [2.75, 3.05) is 20.3 Å². The van der Waals surface area contributed by atoms with Crippen LogP contribution in [0, 0.1) is 6.92 Å². The second kappa shape index (κ2) is 8.73. The average molecular weight is 388 g/mol. The van der Waals surface area contributed by atoms with Gasteiger partial charge in [-0.05, 0) is 38.1 Å². The SMILES string of the molecule is CCOc1ccc(CN(CC)Cc2sc(C)nc2C(F)(F)F)cc1OC. The monoisotopic (exact) mass is 388 g/mol. The molecule has 0 aliphatic carbocycles. The number of alkyl halides is 3. The van der Waals surface area contributed by atoms with E-state index in [4.69, 9.17) is 9.47 Å². The fraction of sp³-hybridized carbons (Fsp3) is 0.500. The molecule has 2 rings (SSSR count). The molecule has 8 heteroatoms. The molecule has 26 heavy (non-hydrogen) atoms. The maximum absolute atomic E-state index is 13.2. The van der Waals surface area contributed by atoms with E-state index in [1.165, 1.54) is 0 Å². The number of rotatable bonds is 8. The summed E-state index contributed by atoms with van der Waals surface area (Å²) in [5.74, 6) is 1.27. The number of methoxy groups -OCH3 is 1. The van der Waals surface area contributed by atoms with Crippen LogP contribution in [0.15, 0.2) is 18.2 Å². The van der Waals surface area contributed by atoms with Crippen LogP contribution in [-0.2, 0) is 19.3 Å². The lowest BCUT2D eigenvalue weighted by atomic mass is 10.2. The molecule has 0 unspecified atom stereocenters. The molecule has 1 aromatic heterocycles. The van der Waals surface area contributed by atoms with Crippen LogP contribution >= 0.6 is 11.3 Å². The van der Waals surface area contributed by atoms with Crippen molar-refractivity contribution >= 4 is 11.3 Å². The molecule has 0 radical (unpaired) electrons. The molecule has 1 heterocycles. The van der Waals surface area contributed by atoms with Crippen LogP contribution < -0.4 is 9.47 Å². The van der Waals surface area contributed by atoms with Gasteiger partial charge in [0.1, 0.15) is 0 Å². The Morgan fingerprint density at radius 2 is 1.88 bits per heavy atom. The van der Waals surface area contributed by atoms with Gasteiger partial charge in [0.2, 0.25) is 0 Å². The number of nitrogens with zero attached hydrogens (tertiary/aromatic N) is 2. The maximum atomic E-state index is 13.2. The van der Waals surface area contributed by atoms with Gasteiger partial charge < -0.3 is 9.47 Å². The van der Waals surface area contributed by atoms with Crippen molar-refractivity contribution in [3.8, 4) is 11.5 Å². The highest BCUT2D eigenvalue weighted by Crippen LogP contribution is 2.35. The van der Waals surface area contributed by atoms with Crippen molar-refractivity contribution in [2.24, 2.45) is 0 Å². The highest BCUT2D eigenvalue weighted by Gasteiger charge is 2.37. The van der Waals surface area contributed by atoms with Gasteiger partial charge in [-0.3, -0.25) is 4.90 Å². The van der Waals surface area contributed by atoms with E-state index in [1.807, 2.05) is 36.9 Å². The first-order valence-corrected chi connectivity index (χ1v) is 9.15. The summed E-state index contributed by atoms with van der Waals surface area (Å²) < 4.78 is 50.3. The van der Waals surface area contributed by atoms with Crippen LogP contribution in [0.5, 0.6) is 11.5 Å². The van der Waals surface area contributed by atoms with Gasteiger partial charge in [-0.25, -0.2) is 4.98 Å². The molecule has 2 aromatic rings. The lowest BCUT2D eigenvalue weighted by molar-refractivity contribution is -0.141. The van der Waals surface area contributed by atoms with Crippen molar-refractivity contribution in [1.29, 1.82) is 0 Å². The molecule has 4 nitrogen and oxygen atoms in total. The number of halogens is 3. The van der Waals surface area contributed by atoms with E-state index in [1.54, 1.807) is 14.0 Å². The minimum atomic E-state index is -4.43. The Bertz CT molecular complexity index is 732. The third-order valence-corrected chi connectivity index (χ3v) is 4.78. The molecule has 0 saturated heterocycles. The van der Waals surface area contributed by atoms with Crippen molar-refractivity contribution in [2.45, 2.75) is 40.0 Å². The molecule has 0 atom stereocenters. The fourth-order valence-electron chi connectivity index (χ4n) is 2.62. The molecule has 0 spiro atoms. The zero-order chi connectivity index (χ0) is 19.3. The molecule has 0 fully saturated rings. The van der Waals surface area contributed by atoms with E-state index in [2.05, 4.69) is 4.98 Å². The van der Waals surface area contributed by atoms with E-state index < -0.39 is 11.9 Å². The number of hydrogen-bond acceptors (Lipinski definition) is 5. The molecule has 144 valence electrons. The normalized spacial score (nSPS) is 11.8. The zero-order valence-electron chi connectivity index (χ0n) is 15.3. The summed E-state index contributed by atoms with van der Waals surface area (Å²) in [6.45, 7) is 7.26. The largest absolute Gasteiger partial charge is 0.493 e. The predicted octanol–water partition coefficient (Wildman–Crippen LogP) is 4.90. The van der Waals surface area contributed by atoms with Gasteiger partial charge >= 0.3 is 6.18 Å². The molecule has 0 N–H and O–H groups in total. The number of hydrogen-bond donors (Lipinski definition) is 0. The smallest absolute Gasteiger partial charge is 0.434 e. The molecule has 0 saturated carbocycles. The first-order chi connectivity index (χ1) is 12.3. The first-order valence-electron chi connectivity index (χ1n) is 8.34. The zero-order valence-corrected chi connectivity index (χ0v) is 16.1. The Balaban J connectivity index is 2.18. The van der Waals surface area contributed by atoms with Gasteiger partial charge in [-0.15, -0.1) is 11.3 Å². The van der Waals surface area contributed by atoms with Crippen LogP contribution in [0.1, 0.15) is 35.0 Å². The fourth-order valence-corrected chi connectivity index (χ4v) is 3.62. The summed E-state index contributed by atoms with van der Waals surface area (Å²) in [4.78, 5) is 5.85. The molecular weight excluding hydrogens is 365 g/mol. The summed E-state index contributed by atoms with van der Waals surface area (Å²) in [7, 11) is 1.56. The number of benzene rings is 1. The van der Waals surface area contributed by atoms with Crippen molar-refractivity contribution in [3.63, 3.8) is 0 Å². The van der Waals surface area contributed by atoms with Gasteiger partial charge in [0.15, 0.2) is 17.2 Å². The minimum Gasteiger partial charge on any atom is -0.493 e. The highest BCUT2D eigenvalue weighted by molar-refractivity contribution is 7.11. The molecular formula is C18H23F3N2O2S. The summed E-state index contributed by atoms with van der Waals surface area (Å²) in [6, 6.07) is 5.58. The van der Waals surface area contributed by atoms with Gasteiger partial charge in [0.25, 0.3) is 0 Å². The van der Waals surface area contributed by atoms with Gasteiger partial charge in [0, 0.05) is 13.1 Å². The molecule has 0 aliphatic heterocycles. The first kappa shape index (κ1) is 20.5. The Morgan fingerprint density at radius 3 is 2.46 bits per heavy atom. The predicted molar refractivity (Wildman–Crippen MR) is 95.8 cm³/mol. The third-order valence-electron chi connectivity index (χ3n) is 3.82. The van der Waals surface area contributed by atoms with Gasteiger partial charge in [-0.2, -0.15) is 13.2 Å². The quantitative estimate of drug-likeness (QED) is 0.644. The molecule has 0 bridgehead atoms. The topological polar surface area (TPSA) is 34.6 Å². The summed E-state index contributed by atoms with van der Waals surface area (Å²) in [5.41, 5.74) is 0.171. The Hall–Kier alpha value is -1.80. The van der Waals surface area contributed by atoms with E-state index in [9.17, 15) is 13.2 Å². The van der Waals surface area contributed by atoms with Gasteiger partial charge in [-0.1, -0.05) is 13.0 Å². The summed E-state index contributed by atoms with van der Waals surface area (Å²) in [6.07, 6.45) is -4.43. The number of aryl methyl sites for hydroxylation is 1. The lowest BCUT2D eigenvalue weighted by Crippen LogP contribution is -2.23.